The highest BCUT2D eigenvalue weighted by molar-refractivity contribution is 5.99. The number of hydrogen-bond acceptors (Lipinski definition) is 3. The van der Waals surface area contributed by atoms with Crippen molar-refractivity contribution < 1.29 is 14.7 Å². The maximum Gasteiger partial charge on any atom is 0.253 e. The fourth-order valence-electron chi connectivity index (χ4n) is 4.28. The lowest BCUT2D eigenvalue weighted by atomic mass is 9.97. The van der Waals surface area contributed by atoms with E-state index in [0.29, 0.717) is 17.9 Å². The maximum absolute atomic E-state index is 13.0. The molecule has 2 saturated heterocycles. The van der Waals surface area contributed by atoms with Crippen molar-refractivity contribution >= 4 is 17.5 Å². The standard InChI is InChI=1S/C23H26N2O3/c26-16-19-5-1-4-17(13-19)12-18-9-11-24(15-18)23(28)20-6-2-7-21(14-20)25-10-3-8-22(25)27/h1-2,4-7,13-14,18,26H,3,8-12,15-16H2. The Bertz CT molecular complexity index is 880. The first-order valence-electron chi connectivity index (χ1n) is 10.0. The molecule has 1 N–H and O–H groups in total. The van der Waals surface area contributed by atoms with Crippen LogP contribution < -0.4 is 4.90 Å². The molecule has 2 heterocycles. The average Bonchev–Trinajstić information content (AvgIpc) is 3.36. The fraction of sp³-hybridized carbons (Fsp3) is 0.391. The molecule has 146 valence electrons. The Morgan fingerprint density at radius 3 is 2.68 bits per heavy atom. The summed E-state index contributed by atoms with van der Waals surface area (Å²) in [5.74, 6) is 0.609. The second-order valence-electron chi connectivity index (χ2n) is 7.79. The molecular formula is C23H26N2O3. The van der Waals surface area contributed by atoms with Gasteiger partial charge in [-0.25, -0.2) is 0 Å². The van der Waals surface area contributed by atoms with Gasteiger partial charge in [-0.05, 0) is 54.5 Å². The van der Waals surface area contributed by atoms with Gasteiger partial charge in [0.15, 0.2) is 0 Å². The van der Waals surface area contributed by atoms with Gasteiger partial charge in [0, 0.05) is 37.3 Å². The van der Waals surface area contributed by atoms with Gasteiger partial charge in [-0.15, -0.1) is 0 Å². The van der Waals surface area contributed by atoms with Crippen LogP contribution in [0, 0.1) is 5.92 Å². The Morgan fingerprint density at radius 1 is 1.07 bits per heavy atom. The van der Waals surface area contributed by atoms with Gasteiger partial charge in [0.2, 0.25) is 5.91 Å². The zero-order chi connectivity index (χ0) is 19.5. The molecule has 2 fully saturated rings. The highest BCUT2D eigenvalue weighted by Crippen LogP contribution is 2.26. The number of carbonyl (C=O) groups excluding carboxylic acids is 2. The molecule has 2 aliphatic rings. The second-order valence-corrected chi connectivity index (χ2v) is 7.79. The molecule has 2 aliphatic heterocycles. The van der Waals surface area contributed by atoms with Crippen LogP contribution in [-0.2, 0) is 17.8 Å². The van der Waals surface area contributed by atoms with Gasteiger partial charge in [0.05, 0.1) is 6.61 Å². The number of aliphatic hydroxyl groups is 1. The SMILES string of the molecule is O=C(c1cccc(N2CCCC2=O)c1)N1CCC(Cc2cccc(CO)c2)C1. The zero-order valence-corrected chi connectivity index (χ0v) is 16.0. The number of anilines is 1. The smallest absolute Gasteiger partial charge is 0.253 e. The molecule has 5 nitrogen and oxygen atoms in total. The maximum atomic E-state index is 13.0. The van der Waals surface area contributed by atoms with Gasteiger partial charge >= 0.3 is 0 Å². The first-order chi connectivity index (χ1) is 13.6. The van der Waals surface area contributed by atoms with Gasteiger partial charge in [0.25, 0.3) is 5.91 Å². The summed E-state index contributed by atoms with van der Waals surface area (Å²) in [7, 11) is 0. The highest BCUT2D eigenvalue weighted by atomic mass is 16.3. The topological polar surface area (TPSA) is 60.9 Å². The first-order valence-corrected chi connectivity index (χ1v) is 10.0. The lowest BCUT2D eigenvalue weighted by Crippen LogP contribution is -2.29. The number of hydrogen-bond donors (Lipinski definition) is 1. The molecule has 0 radical (unpaired) electrons. The summed E-state index contributed by atoms with van der Waals surface area (Å²) < 4.78 is 0. The highest BCUT2D eigenvalue weighted by Gasteiger charge is 2.28. The van der Waals surface area contributed by atoms with Crippen LogP contribution >= 0.6 is 0 Å². The average molecular weight is 378 g/mol. The minimum absolute atomic E-state index is 0.0418. The molecule has 0 bridgehead atoms. The van der Waals surface area contributed by atoms with Crippen LogP contribution in [0.15, 0.2) is 48.5 Å². The molecule has 28 heavy (non-hydrogen) atoms. The van der Waals surface area contributed by atoms with Crippen molar-refractivity contribution in [3.63, 3.8) is 0 Å². The predicted octanol–water partition coefficient (Wildman–Crippen LogP) is 3.01. The number of aliphatic hydroxyl groups excluding tert-OH is 1. The monoisotopic (exact) mass is 378 g/mol. The van der Waals surface area contributed by atoms with Crippen LogP contribution in [0.5, 0.6) is 0 Å². The normalized spacial score (nSPS) is 19.5. The van der Waals surface area contributed by atoms with Crippen LogP contribution in [0.1, 0.15) is 40.7 Å². The third kappa shape index (κ3) is 3.94. The van der Waals surface area contributed by atoms with Crippen molar-refractivity contribution in [1.82, 2.24) is 4.90 Å². The molecule has 5 heteroatoms. The van der Waals surface area contributed by atoms with Crippen molar-refractivity contribution in [2.24, 2.45) is 5.92 Å². The van der Waals surface area contributed by atoms with E-state index in [4.69, 9.17) is 0 Å². The molecule has 0 aromatic heterocycles. The molecule has 2 aromatic rings. The fourth-order valence-corrected chi connectivity index (χ4v) is 4.28. The lowest BCUT2D eigenvalue weighted by molar-refractivity contribution is -0.117. The molecule has 0 aliphatic carbocycles. The van der Waals surface area contributed by atoms with Crippen molar-refractivity contribution in [2.45, 2.75) is 32.3 Å². The Kier molecular flexibility index (Phi) is 5.44. The molecule has 1 atom stereocenters. The minimum Gasteiger partial charge on any atom is -0.392 e. The van der Waals surface area contributed by atoms with Crippen molar-refractivity contribution in [3.8, 4) is 0 Å². The molecule has 2 amide bonds. The Balaban J connectivity index is 1.41. The van der Waals surface area contributed by atoms with E-state index in [1.165, 1.54) is 5.56 Å². The summed E-state index contributed by atoms with van der Waals surface area (Å²) in [5.41, 5.74) is 3.61. The quantitative estimate of drug-likeness (QED) is 0.870. The Hall–Kier alpha value is -2.66. The molecule has 1 unspecified atom stereocenters. The van der Waals surface area contributed by atoms with Crippen LogP contribution in [0.2, 0.25) is 0 Å². The van der Waals surface area contributed by atoms with E-state index in [0.717, 1.165) is 50.1 Å². The lowest BCUT2D eigenvalue weighted by Gasteiger charge is -2.19. The van der Waals surface area contributed by atoms with Crippen LogP contribution in [-0.4, -0.2) is 41.5 Å². The van der Waals surface area contributed by atoms with E-state index in [9.17, 15) is 14.7 Å². The van der Waals surface area contributed by atoms with Gasteiger partial charge in [0.1, 0.15) is 0 Å². The number of nitrogens with zero attached hydrogens (tertiary/aromatic N) is 2. The van der Waals surface area contributed by atoms with Crippen LogP contribution in [0.3, 0.4) is 0 Å². The minimum atomic E-state index is 0.0418. The van der Waals surface area contributed by atoms with Gasteiger partial charge < -0.3 is 14.9 Å². The van der Waals surface area contributed by atoms with Crippen molar-refractivity contribution in [1.29, 1.82) is 0 Å². The van der Waals surface area contributed by atoms with E-state index in [-0.39, 0.29) is 18.4 Å². The molecular weight excluding hydrogens is 352 g/mol. The first kappa shape index (κ1) is 18.7. The summed E-state index contributed by atoms with van der Waals surface area (Å²) in [6.07, 6.45) is 3.37. The van der Waals surface area contributed by atoms with Gasteiger partial charge in [-0.2, -0.15) is 0 Å². The largest absolute Gasteiger partial charge is 0.392 e. The number of rotatable bonds is 5. The summed E-state index contributed by atoms with van der Waals surface area (Å²) in [6.45, 7) is 2.29. The van der Waals surface area contributed by atoms with E-state index < -0.39 is 0 Å². The van der Waals surface area contributed by atoms with Crippen molar-refractivity contribution in [2.75, 3.05) is 24.5 Å². The third-order valence-electron chi connectivity index (χ3n) is 5.75. The summed E-state index contributed by atoms with van der Waals surface area (Å²) in [6, 6.07) is 15.5. The molecule has 0 saturated carbocycles. The number of carbonyl (C=O) groups is 2. The van der Waals surface area contributed by atoms with E-state index in [1.54, 1.807) is 4.90 Å². The zero-order valence-electron chi connectivity index (χ0n) is 16.0. The molecule has 4 rings (SSSR count). The molecule has 0 spiro atoms. The van der Waals surface area contributed by atoms with Crippen LogP contribution in [0.25, 0.3) is 0 Å². The number of likely N-dealkylation sites (tertiary alicyclic amines) is 1. The molecule has 2 aromatic carbocycles. The van der Waals surface area contributed by atoms with E-state index >= 15 is 0 Å². The third-order valence-corrected chi connectivity index (χ3v) is 5.75. The Labute approximate surface area is 165 Å². The summed E-state index contributed by atoms with van der Waals surface area (Å²) in [4.78, 5) is 28.7. The van der Waals surface area contributed by atoms with Crippen molar-refractivity contribution in [3.05, 3.63) is 65.2 Å². The van der Waals surface area contributed by atoms with Gasteiger partial charge in [-0.1, -0.05) is 30.3 Å². The predicted molar refractivity (Wildman–Crippen MR) is 108 cm³/mol. The summed E-state index contributed by atoms with van der Waals surface area (Å²) >= 11 is 0. The van der Waals surface area contributed by atoms with E-state index in [1.807, 2.05) is 47.4 Å². The number of amides is 2. The number of benzene rings is 2. The van der Waals surface area contributed by atoms with Gasteiger partial charge in [-0.3, -0.25) is 9.59 Å². The second kappa shape index (κ2) is 8.15. The van der Waals surface area contributed by atoms with E-state index in [2.05, 4.69) is 6.07 Å². The summed E-state index contributed by atoms with van der Waals surface area (Å²) in [5, 5.41) is 9.30. The Morgan fingerprint density at radius 2 is 1.89 bits per heavy atom. The van der Waals surface area contributed by atoms with Crippen LogP contribution in [0.4, 0.5) is 5.69 Å².